The van der Waals surface area contributed by atoms with E-state index in [1.165, 1.54) is 29.6 Å². The molecule has 0 aromatic heterocycles. The molecule has 1 atom stereocenters. The van der Waals surface area contributed by atoms with Crippen LogP contribution in [0.15, 0.2) is 48.5 Å². The molecule has 1 unspecified atom stereocenters. The summed E-state index contributed by atoms with van der Waals surface area (Å²) < 4.78 is 38.4. The van der Waals surface area contributed by atoms with Crippen LogP contribution < -0.4 is 14.8 Å². The van der Waals surface area contributed by atoms with Crippen LogP contribution in [0.5, 0.6) is 11.5 Å². The lowest BCUT2D eigenvalue weighted by atomic mass is 10.1. The molecule has 1 fully saturated rings. The molecule has 1 aliphatic heterocycles. The lowest BCUT2D eigenvalue weighted by molar-refractivity contribution is -0.385. The van der Waals surface area contributed by atoms with Gasteiger partial charge in [0.25, 0.3) is 5.69 Å². The van der Waals surface area contributed by atoms with Crippen LogP contribution in [-0.4, -0.2) is 60.9 Å². The van der Waals surface area contributed by atoms with E-state index in [1.54, 1.807) is 30.3 Å². The first-order valence-corrected chi connectivity index (χ1v) is 11.8. The van der Waals surface area contributed by atoms with E-state index in [4.69, 9.17) is 14.6 Å². The Kier molecular flexibility index (Phi) is 7.71. The monoisotopic (exact) mass is 479 g/mol. The van der Waals surface area contributed by atoms with Gasteiger partial charge in [-0.05, 0) is 24.5 Å². The number of sulfonamides is 1. The van der Waals surface area contributed by atoms with Gasteiger partial charge in [0.15, 0.2) is 11.5 Å². The zero-order valence-corrected chi connectivity index (χ0v) is 18.7. The number of nitrogens with zero attached hydrogens (tertiary/aromatic N) is 2. The van der Waals surface area contributed by atoms with Crippen molar-refractivity contribution < 1.29 is 32.7 Å². The second-order valence-electron chi connectivity index (χ2n) is 7.50. The van der Waals surface area contributed by atoms with E-state index in [-0.39, 0.29) is 30.6 Å². The molecule has 1 heterocycles. The second kappa shape index (κ2) is 10.5. The van der Waals surface area contributed by atoms with Crippen molar-refractivity contribution >= 4 is 21.8 Å². The summed E-state index contributed by atoms with van der Waals surface area (Å²) in [5.74, 6) is 0.175. The third-order valence-corrected chi connectivity index (χ3v) is 7.23. The molecule has 0 aliphatic carbocycles. The SMILES string of the molecule is COc1cc([N+](=O)[O-])ccc1OC1CCN(S(=O)(=O)CC(NC(=O)O)c2ccccc2)CC1. The topological polar surface area (TPSA) is 148 Å². The first kappa shape index (κ1) is 24.3. The molecule has 2 N–H and O–H groups in total. The minimum Gasteiger partial charge on any atom is -0.493 e. The van der Waals surface area contributed by atoms with Gasteiger partial charge in [-0.15, -0.1) is 0 Å². The fourth-order valence-electron chi connectivity index (χ4n) is 3.65. The number of ether oxygens (including phenoxy) is 2. The number of methoxy groups -OCH3 is 1. The van der Waals surface area contributed by atoms with Crippen molar-refractivity contribution in [3.63, 3.8) is 0 Å². The van der Waals surface area contributed by atoms with E-state index in [0.717, 1.165) is 0 Å². The van der Waals surface area contributed by atoms with Gasteiger partial charge in [0.05, 0.1) is 29.9 Å². The van der Waals surface area contributed by atoms with Crippen molar-refractivity contribution in [1.29, 1.82) is 0 Å². The van der Waals surface area contributed by atoms with Crippen molar-refractivity contribution in [3.8, 4) is 11.5 Å². The summed E-state index contributed by atoms with van der Waals surface area (Å²) in [6, 6.07) is 11.7. The molecule has 0 saturated carbocycles. The number of carboxylic acid groups (broad SMARTS) is 1. The average Bonchev–Trinajstić information content (AvgIpc) is 2.79. The summed E-state index contributed by atoms with van der Waals surface area (Å²) in [5.41, 5.74) is 0.440. The van der Waals surface area contributed by atoms with Crippen molar-refractivity contribution in [3.05, 3.63) is 64.2 Å². The molecule has 12 heteroatoms. The maximum absolute atomic E-state index is 13.0. The molecular weight excluding hydrogens is 454 g/mol. The number of hydrogen-bond donors (Lipinski definition) is 2. The van der Waals surface area contributed by atoms with Gasteiger partial charge < -0.3 is 19.9 Å². The Morgan fingerprint density at radius 2 is 1.88 bits per heavy atom. The quantitative estimate of drug-likeness (QED) is 0.412. The van der Waals surface area contributed by atoms with Gasteiger partial charge in [-0.25, -0.2) is 17.5 Å². The number of amides is 1. The molecule has 178 valence electrons. The molecule has 2 aromatic carbocycles. The molecule has 33 heavy (non-hydrogen) atoms. The van der Waals surface area contributed by atoms with Crippen LogP contribution in [0.4, 0.5) is 10.5 Å². The maximum atomic E-state index is 13.0. The number of piperidine rings is 1. The molecule has 3 rings (SSSR count). The Bertz CT molecular complexity index is 1090. The maximum Gasteiger partial charge on any atom is 0.405 e. The van der Waals surface area contributed by atoms with E-state index in [1.807, 2.05) is 0 Å². The number of rotatable bonds is 9. The fourth-order valence-corrected chi connectivity index (χ4v) is 5.32. The van der Waals surface area contributed by atoms with E-state index in [9.17, 15) is 23.3 Å². The molecule has 11 nitrogen and oxygen atoms in total. The predicted octanol–water partition coefficient (Wildman–Crippen LogP) is 2.79. The lowest BCUT2D eigenvalue weighted by Crippen LogP contribution is -2.45. The molecule has 2 aromatic rings. The highest BCUT2D eigenvalue weighted by Crippen LogP contribution is 2.33. The highest BCUT2D eigenvalue weighted by atomic mass is 32.2. The summed E-state index contributed by atoms with van der Waals surface area (Å²) in [6.07, 6.45) is -0.791. The van der Waals surface area contributed by atoms with Gasteiger partial charge in [0, 0.05) is 19.2 Å². The second-order valence-corrected chi connectivity index (χ2v) is 9.51. The van der Waals surface area contributed by atoms with Crippen molar-refractivity contribution in [1.82, 2.24) is 9.62 Å². The Balaban J connectivity index is 1.63. The first-order valence-electron chi connectivity index (χ1n) is 10.2. The predicted molar refractivity (Wildman–Crippen MR) is 119 cm³/mol. The number of non-ortho nitro benzene ring substituents is 1. The smallest absolute Gasteiger partial charge is 0.405 e. The summed E-state index contributed by atoms with van der Waals surface area (Å²) >= 11 is 0. The molecule has 1 saturated heterocycles. The van der Waals surface area contributed by atoms with Gasteiger partial charge in [-0.2, -0.15) is 0 Å². The van der Waals surface area contributed by atoms with Crippen molar-refractivity contribution in [2.24, 2.45) is 0 Å². The van der Waals surface area contributed by atoms with E-state index >= 15 is 0 Å². The van der Waals surface area contributed by atoms with E-state index < -0.39 is 32.8 Å². The Hall–Kier alpha value is -3.38. The van der Waals surface area contributed by atoms with E-state index in [0.29, 0.717) is 24.2 Å². The average molecular weight is 480 g/mol. The largest absolute Gasteiger partial charge is 0.493 e. The molecule has 0 bridgehead atoms. The van der Waals surface area contributed by atoms with Crippen LogP contribution >= 0.6 is 0 Å². The number of nitrogens with one attached hydrogen (secondary N) is 1. The van der Waals surface area contributed by atoms with Gasteiger partial charge in [0.1, 0.15) is 6.10 Å². The molecular formula is C21H25N3O8S. The summed E-state index contributed by atoms with van der Waals surface area (Å²) in [4.78, 5) is 21.6. The minimum absolute atomic E-state index is 0.122. The highest BCUT2D eigenvalue weighted by molar-refractivity contribution is 7.89. The Morgan fingerprint density at radius 3 is 2.45 bits per heavy atom. The van der Waals surface area contributed by atoms with Gasteiger partial charge in [0.2, 0.25) is 10.0 Å². The van der Waals surface area contributed by atoms with Gasteiger partial charge in [-0.3, -0.25) is 10.1 Å². The van der Waals surface area contributed by atoms with Crippen LogP contribution in [0.3, 0.4) is 0 Å². The minimum atomic E-state index is -3.75. The summed E-state index contributed by atoms with van der Waals surface area (Å²) in [6.45, 7) is 0.410. The number of nitro benzene ring substituents is 1. The van der Waals surface area contributed by atoms with E-state index in [2.05, 4.69) is 5.32 Å². The van der Waals surface area contributed by atoms with Gasteiger partial charge >= 0.3 is 6.09 Å². The molecule has 0 spiro atoms. The fraction of sp³-hybridized carbons (Fsp3) is 0.381. The zero-order valence-electron chi connectivity index (χ0n) is 17.9. The van der Waals surface area contributed by atoms with Gasteiger partial charge in [-0.1, -0.05) is 30.3 Å². The van der Waals surface area contributed by atoms with Crippen LogP contribution in [0.25, 0.3) is 0 Å². The number of carbonyl (C=O) groups is 1. The summed E-state index contributed by atoms with van der Waals surface area (Å²) in [5, 5.41) is 22.4. The molecule has 0 radical (unpaired) electrons. The third kappa shape index (κ3) is 6.33. The van der Waals surface area contributed by atoms with Crippen LogP contribution in [0, 0.1) is 10.1 Å². The molecule has 1 amide bonds. The van der Waals surface area contributed by atoms with Crippen LogP contribution in [-0.2, 0) is 10.0 Å². The highest BCUT2D eigenvalue weighted by Gasteiger charge is 2.32. The number of benzene rings is 2. The standard InChI is InChI=1S/C21H25N3O8S/c1-31-20-13-16(24(27)28)7-8-19(20)32-17-9-11-23(12-10-17)33(29,30)14-18(22-21(25)26)15-5-3-2-4-6-15/h2-8,13,17-18,22H,9-12,14H2,1H3,(H,25,26). The lowest BCUT2D eigenvalue weighted by Gasteiger charge is -2.32. The number of hydrogen-bond acceptors (Lipinski definition) is 7. The molecule has 1 aliphatic rings. The van der Waals surface area contributed by atoms with Crippen LogP contribution in [0.1, 0.15) is 24.4 Å². The Morgan fingerprint density at radius 1 is 1.21 bits per heavy atom. The summed E-state index contributed by atoms with van der Waals surface area (Å²) in [7, 11) is -2.36. The third-order valence-electron chi connectivity index (χ3n) is 5.32. The first-order chi connectivity index (χ1) is 15.7. The van der Waals surface area contributed by atoms with Crippen molar-refractivity contribution in [2.45, 2.75) is 25.0 Å². The van der Waals surface area contributed by atoms with Crippen LogP contribution in [0.2, 0.25) is 0 Å². The zero-order chi connectivity index (χ0) is 24.0. The number of nitro groups is 1. The van der Waals surface area contributed by atoms with Crippen molar-refractivity contribution in [2.75, 3.05) is 26.0 Å². The normalized spacial score (nSPS) is 16.0. The Labute approximate surface area is 191 Å².